The molecule has 0 bridgehead atoms. The highest BCUT2D eigenvalue weighted by atomic mass is 32.1. The smallest absolute Gasteiger partial charge is 0.362 e. The van der Waals surface area contributed by atoms with Crippen LogP contribution in [0.4, 0.5) is 13.2 Å². The van der Waals surface area contributed by atoms with Crippen LogP contribution in [0.1, 0.15) is 35.7 Å². The molecule has 170 valence electrons. The normalized spacial score (nSPS) is 18.4. The molecule has 0 spiro atoms. The third kappa shape index (κ3) is 4.36. The van der Waals surface area contributed by atoms with Crippen LogP contribution in [0.15, 0.2) is 14.6 Å². The number of nitrogens with one attached hydrogen (secondary N) is 1. The number of hydrogen-bond donors (Lipinski definition) is 1. The number of alkyl halides is 3. The maximum atomic E-state index is 13.1. The lowest BCUT2D eigenvalue weighted by atomic mass is 10.2. The molecule has 2 aliphatic rings. The molecule has 0 radical (unpaired) electrons. The number of aryl methyl sites for hydroxylation is 2. The Morgan fingerprint density at radius 3 is 2.68 bits per heavy atom. The van der Waals surface area contributed by atoms with Crippen molar-refractivity contribution in [2.24, 2.45) is 4.99 Å². The zero-order valence-corrected chi connectivity index (χ0v) is 18.1. The van der Waals surface area contributed by atoms with E-state index in [1.165, 1.54) is 11.3 Å². The fourth-order valence-electron chi connectivity index (χ4n) is 3.78. The van der Waals surface area contributed by atoms with Gasteiger partial charge in [0.15, 0.2) is 5.96 Å². The summed E-state index contributed by atoms with van der Waals surface area (Å²) in [5, 5.41) is 3.51. The number of ether oxygens (including phenoxy) is 1. The molecule has 0 unspecified atom stereocenters. The summed E-state index contributed by atoms with van der Waals surface area (Å²) < 4.78 is 46.0. The van der Waals surface area contributed by atoms with Crippen LogP contribution < -0.4 is 16.6 Å². The van der Waals surface area contributed by atoms with E-state index in [-0.39, 0.29) is 12.8 Å². The minimum Gasteiger partial charge on any atom is -0.362 e. The Morgan fingerprint density at radius 2 is 2.03 bits per heavy atom. The minimum absolute atomic E-state index is 0.202. The molecule has 8 nitrogen and oxygen atoms in total. The number of halogens is 3. The van der Waals surface area contributed by atoms with Crippen molar-refractivity contribution in [3.8, 4) is 0 Å². The number of fused-ring (bicyclic) bond motifs is 1. The summed E-state index contributed by atoms with van der Waals surface area (Å²) in [5.41, 5.74) is -0.348. The first-order chi connectivity index (χ1) is 14.7. The lowest BCUT2D eigenvalue weighted by Gasteiger charge is -2.17. The van der Waals surface area contributed by atoms with Gasteiger partial charge in [-0.15, -0.1) is 11.3 Å². The standard InChI is InChI=1S/C19H24F3N5O3S/c1-11-13(9-25-8-6-23-17(25)24-10-30-2)31-16-14(11)15(28)27(12-3-4-12)18(29)26(16)7-5-19(20,21)22/h12H,3-10H2,1-2H3,(H,23,24). The van der Waals surface area contributed by atoms with E-state index in [0.717, 1.165) is 14.0 Å². The van der Waals surface area contributed by atoms with Crippen LogP contribution in [0.3, 0.4) is 0 Å². The molecule has 12 heteroatoms. The summed E-state index contributed by atoms with van der Waals surface area (Å²) in [6.45, 7) is 3.34. The second-order valence-corrected chi connectivity index (χ2v) is 8.87. The van der Waals surface area contributed by atoms with Crippen LogP contribution in [0.2, 0.25) is 0 Å². The minimum atomic E-state index is -4.39. The van der Waals surface area contributed by atoms with Crippen molar-refractivity contribution in [1.82, 2.24) is 19.4 Å². The molecular formula is C19H24F3N5O3S. The summed E-state index contributed by atoms with van der Waals surface area (Å²) in [7, 11) is 1.55. The number of thiophene rings is 1. The van der Waals surface area contributed by atoms with E-state index in [2.05, 4.69) is 10.3 Å². The third-order valence-corrected chi connectivity index (χ3v) is 6.81. The van der Waals surface area contributed by atoms with Gasteiger partial charge in [-0.1, -0.05) is 0 Å². The Morgan fingerprint density at radius 1 is 1.29 bits per heavy atom. The maximum absolute atomic E-state index is 13.1. The van der Waals surface area contributed by atoms with E-state index in [4.69, 9.17) is 4.74 Å². The summed E-state index contributed by atoms with van der Waals surface area (Å²) in [5.74, 6) is 0.670. The Balaban J connectivity index is 1.79. The molecule has 0 aromatic carbocycles. The van der Waals surface area contributed by atoms with E-state index in [1.54, 1.807) is 14.0 Å². The first-order valence-corrected chi connectivity index (χ1v) is 10.9. The van der Waals surface area contributed by atoms with Gasteiger partial charge in [-0.25, -0.2) is 9.79 Å². The van der Waals surface area contributed by atoms with Crippen LogP contribution >= 0.6 is 11.3 Å². The molecule has 0 amide bonds. The van der Waals surface area contributed by atoms with Crippen LogP contribution in [0.25, 0.3) is 10.2 Å². The lowest BCUT2D eigenvalue weighted by molar-refractivity contribution is -0.136. The second kappa shape index (κ2) is 8.30. The van der Waals surface area contributed by atoms with E-state index < -0.39 is 30.4 Å². The van der Waals surface area contributed by atoms with Crippen molar-refractivity contribution < 1.29 is 17.9 Å². The highest BCUT2D eigenvalue weighted by Gasteiger charge is 2.33. The predicted molar refractivity (Wildman–Crippen MR) is 112 cm³/mol. The van der Waals surface area contributed by atoms with Gasteiger partial charge >= 0.3 is 11.9 Å². The molecule has 3 heterocycles. The highest BCUT2D eigenvalue weighted by molar-refractivity contribution is 7.18. The first-order valence-electron chi connectivity index (χ1n) is 10.1. The number of rotatable bonds is 7. The van der Waals surface area contributed by atoms with Gasteiger partial charge < -0.3 is 15.0 Å². The number of hydrogen-bond acceptors (Lipinski definition) is 5. The molecule has 2 fully saturated rings. The third-order valence-electron chi connectivity index (χ3n) is 5.51. The van der Waals surface area contributed by atoms with Crippen LogP contribution in [0.5, 0.6) is 0 Å². The van der Waals surface area contributed by atoms with Crippen molar-refractivity contribution in [3.05, 3.63) is 31.3 Å². The van der Waals surface area contributed by atoms with E-state index >= 15 is 0 Å². The Kier molecular flexibility index (Phi) is 5.86. The molecular weight excluding hydrogens is 435 g/mol. The molecule has 31 heavy (non-hydrogen) atoms. The molecule has 4 rings (SSSR count). The van der Waals surface area contributed by atoms with Crippen molar-refractivity contribution in [1.29, 1.82) is 0 Å². The van der Waals surface area contributed by atoms with Gasteiger partial charge in [0.1, 0.15) is 11.6 Å². The average molecular weight is 459 g/mol. The number of methoxy groups -OCH3 is 1. The lowest BCUT2D eigenvalue weighted by Crippen LogP contribution is -2.39. The topological polar surface area (TPSA) is 80.9 Å². The Hall–Kier alpha value is -2.34. The van der Waals surface area contributed by atoms with Gasteiger partial charge in [-0.2, -0.15) is 13.2 Å². The summed E-state index contributed by atoms with van der Waals surface area (Å²) >= 11 is 1.21. The first kappa shape index (κ1) is 21.9. The van der Waals surface area contributed by atoms with Gasteiger partial charge in [0.25, 0.3) is 5.56 Å². The number of guanidine groups is 1. The van der Waals surface area contributed by atoms with Crippen LogP contribution in [-0.2, 0) is 17.8 Å². The van der Waals surface area contributed by atoms with Crippen molar-refractivity contribution in [2.45, 2.75) is 51.5 Å². The molecule has 1 saturated heterocycles. The fraction of sp³-hybridized carbons (Fsp3) is 0.632. The van der Waals surface area contributed by atoms with Crippen LogP contribution in [0, 0.1) is 6.92 Å². The quantitative estimate of drug-likeness (QED) is 0.687. The average Bonchev–Trinajstić information content (AvgIpc) is 3.34. The fourth-order valence-corrected chi connectivity index (χ4v) is 5.11. The van der Waals surface area contributed by atoms with E-state index in [0.29, 0.717) is 54.2 Å². The van der Waals surface area contributed by atoms with Crippen molar-refractivity contribution in [3.63, 3.8) is 0 Å². The molecule has 1 aliphatic carbocycles. The number of aliphatic imine (C=N–C) groups is 1. The molecule has 0 atom stereocenters. The van der Waals surface area contributed by atoms with Gasteiger partial charge in [0, 0.05) is 37.7 Å². The van der Waals surface area contributed by atoms with Crippen molar-refractivity contribution >= 4 is 27.5 Å². The summed E-state index contributed by atoms with van der Waals surface area (Å²) in [6.07, 6.45) is -4.14. The summed E-state index contributed by atoms with van der Waals surface area (Å²) in [6, 6.07) is -0.222. The molecule has 1 saturated carbocycles. The van der Waals surface area contributed by atoms with Gasteiger partial charge in [0.2, 0.25) is 0 Å². The zero-order chi connectivity index (χ0) is 22.3. The van der Waals surface area contributed by atoms with Gasteiger partial charge in [-0.05, 0) is 25.3 Å². The number of aromatic nitrogens is 2. The van der Waals surface area contributed by atoms with E-state index in [9.17, 15) is 22.8 Å². The molecule has 1 aliphatic heterocycles. The maximum Gasteiger partial charge on any atom is 0.390 e. The zero-order valence-electron chi connectivity index (χ0n) is 17.3. The monoisotopic (exact) mass is 459 g/mol. The van der Waals surface area contributed by atoms with Crippen LogP contribution in [-0.4, -0.2) is 53.1 Å². The van der Waals surface area contributed by atoms with Gasteiger partial charge in [0.05, 0.1) is 18.4 Å². The second-order valence-electron chi connectivity index (χ2n) is 7.78. The van der Waals surface area contributed by atoms with Gasteiger partial charge in [-0.3, -0.25) is 13.9 Å². The largest absolute Gasteiger partial charge is 0.390 e. The Labute approximate surface area is 179 Å². The number of nitrogens with zero attached hydrogens (tertiary/aromatic N) is 4. The highest BCUT2D eigenvalue weighted by Crippen LogP contribution is 2.35. The van der Waals surface area contributed by atoms with Crippen molar-refractivity contribution in [2.75, 3.05) is 26.9 Å². The SMILES string of the molecule is COC/N=C1\NCCN1Cc1sc2c(c1C)c(=O)n(C1CC1)c(=O)n2CCC(F)(F)F. The summed E-state index contributed by atoms with van der Waals surface area (Å²) in [4.78, 5) is 33.5. The molecule has 2 aromatic rings. The van der Waals surface area contributed by atoms with E-state index in [1.807, 2.05) is 4.90 Å². The predicted octanol–water partition coefficient (Wildman–Crippen LogP) is 2.19. The Bertz CT molecular complexity index is 1130. The molecule has 1 N–H and O–H groups in total. The molecule has 2 aromatic heterocycles.